The standard InChI is InChI=1S/C14H12FNO3S/c1-9(17)14-12(15)3-2-4-13(14)20-11-7-5-10(6-8-11)16(18)19/h2-9,17H,1H3/t9-/m1/s1. The first kappa shape index (κ1) is 14.5. The third-order valence-corrected chi connectivity index (χ3v) is 3.79. The van der Waals surface area contributed by atoms with Crippen LogP contribution in [0.15, 0.2) is 52.3 Å². The molecular formula is C14H12FNO3S. The van der Waals surface area contributed by atoms with E-state index in [-0.39, 0.29) is 11.3 Å². The maximum atomic E-state index is 13.7. The van der Waals surface area contributed by atoms with Gasteiger partial charge in [-0.05, 0) is 31.2 Å². The Morgan fingerprint density at radius 1 is 1.25 bits per heavy atom. The molecule has 104 valence electrons. The Morgan fingerprint density at radius 2 is 1.90 bits per heavy atom. The zero-order chi connectivity index (χ0) is 14.7. The second kappa shape index (κ2) is 6.02. The molecular weight excluding hydrogens is 281 g/mol. The zero-order valence-electron chi connectivity index (χ0n) is 10.6. The Bertz CT molecular complexity index is 629. The molecule has 0 radical (unpaired) electrons. The van der Waals surface area contributed by atoms with E-state index in [2.05, 4.69) is 0 Å². The molecule has 0 aliphatic heterocycles. The largest absolute Gasteiger partial charge is 0.389 e. The number of aliphatic hydroxyl groups excluding tert-OH is 1. The molecule has 0 spiro atoms. The molecule has 1 atom stereocenters. The summed E-state index contributed by atoms with van der Waals surface area (Å²) in [4.78, 5) is 11.4. The van der Waals surface area contributed by atoms with E-state index in [9.17, 15) is 19.6 Å². The Balaban J connectivity index is 2.30. The molecule has 0 amide bonds. The summed E-state index contributed by atoms with van der Waals surface area (Å²) in [5, 5.41) is 20.2. The van der Waals surface area contributed by atoms with Crippen molar-refractivity contribution in [3.8, 4) is 0 Å². The molecule has 2 aromatic carbocycles. The van der Waals surface area contributed by atoms with Gasteiger partial charge in [0.1, 0.15) is 5.82 Å². The molecule has 0 heterocycles. The van der Waals surface area contributed by atoms with E-state index in [0.29, 0.717) is 4.90 Å². The lowest BCUT2D eigenvalue weighted by atomic mass is 10.1. The molecule has 0 aliphatic carbocycles. The molecule has 0 saturated heterocycles. The van der Waals surface area contributed by atoms with E-state index >= 15 is 0 Å². The van der Waals surface area contributed by atoms with Gasteiger partial charge in [-0.15, -0.1) is 0 Å². The van der Waals surface area contributed by atoms with Crippen molar-refractivity contribution in [3.63, 3.8) is 0 Å². The van der Waals surface area contributed by atoms with E-state index in [4.69, 9.17) is 0 Å². The van der Waals surface area contributed by atoms with Gasteiger partial charge >= 0.3 is 0 Å². The van der Waals surface area contributed by atoms with E-state index in [0.717, 1.165) is 4.90 Å². The van der Waals surface area contributed by atoms with Crippen LogP contribution in [0.2, 0.25) is 0 Å². The van der Waals surface area contributed by atoms with Crippen molar-refractivity contribution in [2.45, 2.75) is 22.8 Å². The molecule has 6 heteroatoms. The van der Waals surface area contributed by atoms with Gasteiger partial charge in [0.2, 0.25) is 0 Å². The lowest BCUT2D eigenvalue weighted by Gasteiger charge is -2.12. The highest BCUT2D eigenvalue weighted by atomic mass is 32.2. The molecule has 0 aromatic heterocycles. The van der Waals surface area contributed by atoms with Crippen LogP contribution < -0.4 is 0 Å². The SMILES string of the molecule is C[C@@H](O)c1c(F)cccc1Sc1ccc([N+](=O)[O-])cc1. The Labute approximate surface area is 119 Å². The monoisotopic (exact) mass is 293 g/mol. The average Bonchev–Trinajstić information content (AvgIpc) is 2.39. The first-order valence-electron chi connectivity index (χ1n) is 5.88. The van der Waals surface area contributed by atoms with Gasteiger partial charge in [0.05, 0.1) is 11.0 Å². The van der Waals surface area contributed by atoms with Crippen molar-refractivity contribution in [2.24, 2.45) is 0 Å². The Morgan fingerprint density at radius 3 is 2.45 bits per heavy atom. The fourth-order valence-electron chi connectivity index (χ4n) is 1.77. The number of nitro groups is 1. The summed E-state index contributed by atoms with van der Waals surface area (Å²) in [7, 11) is 0. The summed E-state index contributed by atoms with van der Waals surface area (Å²) in [6.07, 6.45) is -0.920. The van der Waals surface area contributed by atoms with Gasteiger partial charge in [-0.2, -0.15) is 0 Å². The van der Waals surface area contributed by atoms with Crippen LogP contribution in [-0.4, -0.2) is 10.0 Å². The number of rotatable bonds is 4. The van der Waals surface area contributed by atoms with Crippen molar-refractivity contribution in [3.05, 3.63) is 64.0 Å². The molecule has 4 nitrogen and oxygen atoms in total. The highest BCUT2D eigenvalue weighted by Gasteiger charge is 2.14. The minimum atomic E-state index is -0.920. The maximum absolute atomic E-state index is 13.7. The zero-order valence-corrected chi connectivity index (χ0v) is 11.4. The summed E-state index contributed by atoms with van der Waals surface area (Å²) in [5.74, 6) is -0.466. The van der Waals surface area contributed by atoms with Crippen molar-refractivity contribution < 1.29 is 14.4 Å². The predicted octanol–water partition coefficient (Wildman–Crippen LogP) is 3.94. The summed E-state index contributed by atoms with van der Waals surface area (Å²) in [6, 6.07) is 10.5. The van der Waals surface area contributed by atoms with Gasteiger partial charge in [0, 0.05) is 27.5 Å². The van der Waals surface area contributed by atoms with Crippen LogP contribution in [0.5, 0.6) is 0 Å². The molecule has 1 N–H and O–H groups in total. The topological polar surface area (TPSA) is 63.4 Å². The van der Waals surface area contributed by atoms with Crippen LogP contribution in [0.1, 0.15) is 18.6 Å². The Hall–Kier alpha value is -1.92. The molecule has 0 bridgehead atoms. The number of halogens is 1. The van der Waals surface area contributed by atoms with Gasteiger partial charge in [0.15, 0.2) is 0 Å². The smallest absolute Gasteiger partial charge is 0.269 e. The molecule has 0 saturated carbocycles. The van der Waals surface area contributed by atoms with E-state index in [1.165, 1.54) is 36.9 Å². The number of hydrogen-bond acceptors (Lipinski definition) is 4. The van der Waals surface area contributed by atoms with E-state index in [1.807, 2.05) is 0 Å². The number of hydrogen-bond donors (Lipinski definition) is 1. The summed E-state index contributed by atoms with van der Waals surface area (Å²) in [6.45, 7) is 1.50. The number of aliphatic hydroxyl groups is 1. The third-order valence-electron chi connectivity index (χ3n) is 2.71. The van der Waals surface area contributed by atoms with Crippen molar-refractivity contribution >= 4 is 17.4 Å². The van der Waals surface area contributed by atoms with Crippen LogP contribution in [0.3, 0.4) is 0 Å². The second-order valence-corrected chi connectivity index (χ2v) is 5.30. The number of nitro benzene ring substituents is 1. The van der Waals surface area contributed by atoms with Crippen LogP contribution in [0, 0.1) is 15.9 Å². The quantitative estimate of drug-likeness (QED) is 0.685. The molecule has 0 aliphatic rings. The first-order chi connectivity index (χ1) is 9.49. The van der Waals surface area contributed by atoms with Gasteiger partial charge in [-0.1, -0.05) is 17.8 Å². The summed E-state index contributed by atoms with van der Waals surface area (Å²) >= 11 is 1.25. The summed E-state index contributed by atoms with van der Waals surface area (Å²) in [5.41, 5.74) is 0.236. The van der Waals surface area contributed by atoms with Crippen molar-refractivity contribution in [1.82, 2.24) is 0 Å². The number of non-ortho nitro benzene ring substituents is 1. The molecule has 0 unspecified atom stereocenters. The molecule has 0 fully saturated rings. The third kappa shape index (κ3) is 3.15. The van der Waals surface area contributed by atoms with Crippen LogP contribution in [0.4, 0.5) is 10.1 Å². The minimum Gasteiger partial charge on any atom is -0.389 e. The van der Waals surface area contributed by atoms with Crippen LogP contribution in [-0.2, 0) is 0 Å². The number of benzene rings is 2. The fraction of sp³-hybridized carbons (Fsp3) is 0.143. The first-order valence-corrected chi connectivity index (χ1v) is 6.69. The minimum absolute atomic E-state index is 0.00402. The van der Waals surface area contributed by atoms with E-state index in [1.54, 1.807) is 24.3 Å². The van der Waals surface area contributed by atoms with Gasteiger partial charge in [0.25, 0.3) is 5.69 Å². The lowest BCUT2D eigenvalue weighted by Crippen LogP contribution is -1.98. The lowest BCUT2D eigenvalue weighted by molar-refractivity contribution is -0.384. The molecule has 2 rings (SSSR count). The van der Waals surface area contributed by atoms with Gasteiger partial charge in [-0.3, -0.25) is 10.1 Å². The van der Waals surface area contributed by atoms with Crippen molar-refractivity contribution in [1.29, 1.82) is 0 Å². The predicted molar refractivity (Wildman–Crippen MR) is 74.3 cm³/mol. The van der Waals surface area contributed by atoms with Gasteiger partial charge < -0.3 is 5.11 Å². The normalized spacial score (nSPS) is 12.2. The van der Waals surface area contributed by atoms with E-state index < -0.39 is 16.8 Å². The number of nitrogens with zero attached hydrogens (tertiary/aromatic N) is 1. The molecule has 2 aromatic rings. The van der Waals surface area contributed by atoms with Crippen LogP contribution in [0.25, 0.3) is 0 Å². The van der Waals surface area contributed by atoms with Crippen LogP contribution >= 0.6 is 11.8 Å². The average molecular weight is 293 g/mol. The summed E-state index contributed by atoms with van der Waals surface area (Å²) < 4.78 is 13.7. The Kier molecular flexibility index (Phi) is 4.36. The van der Waals surface area contributed by atoms with Crippen molar-refractivity contribution in [2.75, 3.05) is 0 Å². The fourth-order valence-corrected chi connectivity index (χ4v) is 2.83. The van der Waals surface area contributed by atoms with Gasteiger partial charge in [-0.25, -0.2) is 4.39 Å². The highest BCUT2D eigenvalue weighted by Crippen LogP contribution is 2.35. The maximum Gasteiger partial charge on any atom is 0.269 e. The highest BCUT2D eigenvalue weighted by molar-refractivity contribution is 7.99. The molecule has 20 heavy (non-hydrogen) atoms. The second-order valence-electron chi connectivity index (χ2n) is 4.18.